The van der Waals surface area contributed by atoms with Crippen LogP contribution in [0.5, 0.6) is 5.75 Å². The van der Waals surface area contributed by atoms with Crippen LogP contribution in [0.1, 0.15) is 19.8 Å². The van der Waals surface area contributed by atoms with Gasteiger partial charge in [-0.2, -0.15) is 5.26 Å². The molecule has 5 nitrogen and oxygen atoms in total. The number of carboxylic acids is 1. The largest absolute Gasteiger partial charge is 0.477 e. The number of nitriles is 1. The van der Waals surface area contributed by atoms with Crippen LogP contribution in [0, 0.1) is 11.3 Å². The molecule has 2 unspecified atom stereocenters. The number of rotatable bonds is 6. The van der Waals surface area contributed by atoms with Crippen molar-refractivity contribution in [2.24, 2.45) is 0 Å². The number of benzene rings is 1. The van der Waals surface area contributed by atoms with Crippen LogP contribution in [0.4, 0.5) is 0 Å². The molecular weight excluding hydrogens is 234 g/mol. The highest BCUT2D eigenvalue weighted by Crippen LogP contribution is 2.24. The molecule has 0 fully saturated rings. The molecule has 0 aliphatic heterocycles. The third-order valence-electron chi connectivity index (χ3n) is 2.54. The fourth-order valence-corrected chi connectivity index (χ4v) is 1.55. The fraction of sp³-hybridized carbons (Fsp3) is 0.385. The van der Waals surface area contributed by atoms with Gasteiger partial charge in [0.2, 0.25) is 0 Å². The smallest absolute Gasteiger partial charge is 0.366 e. The van der Waals surface area contributed by atoms with Gasteiger partial charge in [-0.1, -0.05) is 31.5 Å². The van der Waals surface area contributed by atoms with Crippen LogP contribution in [0.2, 0.25) is 0 Å². The number of aliphatic hydroxyl groups excluding tert-OH is 1. The zero-order valence-corrected chi connectivity index (χ0v) is 10.0. The van der Waals surface area contributed by atoms with Gasteiger partial charge in [0.1, 0.15) is 17.9 Å². The standard InChI is InChI=1S/C13H15NO4/c1-2-6-11(15)13(9-14,12(16)17)18-10-7-4-3-5-8-10/h3-5,7-8,11,15H,2,6H2,1H3,(H,16,17). The highest BCUT2D eigenvalue weighted by atomic mass is 16.5. The van der Waals surface area contributed by atoms with Gasteiger partial charge in [-0.05, 0) is 18.6 Å². The molecule has 0 radical (unpaired) electrons. The van der Waals surface area contributed by atoms with Crippen molar-refractivity contribution >= 4 is 5.97 Å². The van der Waals surface area contributed by atoms with Gasteiger partial charge in [0, 0.05) is 0 Å². The molecule has 0 aromatic heterocycles. The second-order valence-electron chi connectivity index (χ2n) is 3.87. The average molecular weight is 249 g/mol. The third-order valence-corrected chi connectivity index (χ3v) is 2.54. The topological polar surface area (TPSA) is 90.5 Å². The molecule has 0 amide bonds. The molecule has 0 aliphatic rings. The first-order valence-corrected chi connectivity index (χ1v) is 5.63. The van der Waals surface area contributed by atoms with Crippen LogP contribution >= 0.6 is 0 Å². The van der Waals surface area contributed by atoms with Crippen molar-refractivity contribution in [1.82, 2.24) is 0 Å². The van der Waals surface area contributed by atoms with Crippen molar-refractivity contribution in [2.45, 2.75) is 31.5 Å². The third kappa shape index (κ3) is 2.79. The van der Waals surface area contributed by atoms with Gasteiger partial charge in [-0.25, -0.2) is 4.79 Å². The monoisotopic (exact) mass is 249 g/mol. The van der Waals surface area contributed by atoms with Gasteiger partial charge in [0.05, 0.1) is 0 Å². The second-order valence-corrected chi connectivity index (χ2v) is 3.87. The van der Waals surface area contributed by atoms with Crippen LogP contribution in [0.3, 0.4) is 0 Å². The van der Waals surface area contributed by atoms with Crippen LogP contribution < -0.4 is 4.74 Å². The SMILES string of the molecule is CCCC(O)C(C#N)(Oc1ccccc1)C(=O)O. The summed E-state index contributed by atoms with van der Waals surface area (Å²) in [5.74, 6) is -1.26. The van der Waals surface area contributed by atoms with Crippen molar-refractivity contribution in [3.8, 4) is 11.8 Å². The molecule has 1 aromatic carbocycles. The van der Waals surface area contributed by atoms with E-state index in [4.69, 9.17) is 10.00 Å². The number of carboxylic acid groups (broad SMARTS) is 1. The lowest BCUT2D eigenvalue weighted by Gasteiger charge is -2.28. The number of hydrogen-bond donors (Lipinski definition) is 2. The van der Waals surface area contributed by atoms with Crippen molar-refractivity contribution in [2.75, 3.05) is 0 Å². The number of carbonyl (C=O) groups is 1. The minimum Gasteiger partial charge on any atom is -0.477 e. The summed E-state index contributed by atoms with van der Waals surface area (Å²) in [5, 5.41) is 28.1. The van der Waals surface area contributed by atoms with Crippen LogP contribution in [0.25, 0.3) is 0 Å². The molecule has 5 heteroatoms. The molecule has 0 saturated heterocycles. The van der Waals surface area contributed by atoms with Crippen molar-refractivity contribution < 1.29 is 19.7 Å². The van der Waals surface area contributed by atoms with E-state index in [0.717, 1.165) is 0 Å². The molecule has 0 bridgehead atoms. The molecule has 2 atom stereocenters. The van der Waals surface area contributed by atoms with E-state index in [-0.39, 0.29) is 12.2 Å². The zero-order chi connectivity index (χ0) is 13.6. The molecule has 2 N–H and O–H groups in total. The molecule has 18 heavy (non-hydrogen) atoms. The van der Waals surface area contributed by atoms with Gasteiger partial charge in [0.15, 0.2) is 0 Å². The Kier molecular flexibility index (Phi) is 4.69. The molecule has 1 aromatic rings. The van der Waals surface area contributed by atoms with E-state index in [1.54, 1.807) is 31.2 Å². The Balaban J connectivity index is 3.06. The van der Waals surface area contributed by atoms with Crippen LogP contribution in [0.15, 0.2) is 30.3 Å². The number of aliphatic hydroxyl groups is 1. The number of aliphatic carboxylic acids is 1. The molecular formula is C13H15NO4. The van der Waals surface area contributed by atoms with Crippen molar-refractivity contribution in [1.29, 1.82) is 5.26 Å². The second kappa shape index (κ2) is 6.03. The summed E-state index contributed by atoms with van der Waals surface area (Å²) >= 11 is 0. The maximum Gasteiger partial charge on any atom is 0.366 e. The number of ether oxygens (including phenoxy) is 1. The van der Waals surface area contributed by atoms with Crippen LogP contribution in [-0.2, 0) is 4.79 Å². The molecule has 0 spiro atoms. The van der Waals surface area contributed by atoms with Crippen molar-refractivity contribution in [3.05, 3.63) is 30.3 Å². The summed E-state index contributed by atoms with van der Waals surface area (Å²) in [6, 6.07) is 9.70. The van der Waals surface area contributed by atoms with Gasteiger partial charge in [0.25, 0.3) is 0 Å². The van der Waals surface area contributed by atoms with E-state index in [2.05, 4.69) is 0 Å². The fourth-order valence-electron chi connectivity index (χ4n) is 1.55. The summed E-state index contributed by atoms with van der Waals surface area (Å²) in [6.07, 6.45) is -0.659. The minimum absolute atomic E-state index is 0.173. The first-order valence-electron chi connectivity index (χ1n) is 5.63. The van der Waals surface area contributed by atoms with Crippen molar-refractivity contribution in [3.63, 3.8) is 0 Å². The van der Waals surface area contributed by atoms with E-state index >= 15 is 0 Å². The molecule has 96 valence electrons. The number of nitrogens with zero attached hydrogens (tertiary/aromatic N) is 1. The highest BCUT2D eigenvalue weighted by molar-refractivity contribution is 5.82. The van der Waals surface area contributed by atoms with E-state index in [0.29, 0.717) is 6.42 Å². The Morgan fingerprint density at radius 2 is 2.11 bits per heavy atom. The quantitative estimate of drug-likeness (QED) is 0.798. The molecule has 0 saturated carbocycles. The Bertz CT molecular complexity index is 440. The van der Waals surface area contributed by atoms with Gasteiger partial charge >= 0.3 is 11.6 Å². The number of para-hydroxylation sites is 1. The Hall–Kier alpha value is -2.06. The van der Waals surface area contributed by atoms with E-state index in [9.17, 15) is 15.0 Å². The maximum atomic E-state index is 11.3. The van der Waals surface area contributed by atoms with E-state index in [1.165, 1.54) is 12.1 Å². The van der Waals surface area contributed by atoms with Gasteiger partial charge in [-0.15, -0.1) is 0 Å². The highest BCUT2D eigenvalue weighted by Gasteiger charge is 2.48. The lowest BCUT2D eigenvalue weighted by molar-refractivity contribution is -0.159. The maximum absolute atomic E-state index is 11.3. The predicted molar refractivity (Wildman–Crippen MR) is 64.0 cm³/mol. The van der Waals surface area contributed by atoms with E-state index < -0.39 is 17.7 Å². The molecule has 1 rings (SSSR count). The first-order chi connectivity index (χ1) is 8.56. The summed E-state index contributed by atoms with van der Waals surface area (Å²) in [7, 11) is 0. The van der Waals surface area contributed by atoms with Gasteiger partial charge in [-0.3, -0.25) is 0 Å². The molecule has 0 heterocycles. The minimum atomic E-state index is -2.27. The summed E-state index contributed by atoms with van der Waals surface area (Å²) in [4.78, 5) is 11.3. The van der Waals surface area contributed by atoms with E-state index in [1.807, 2.05) is 0 Å². The lowest BCUT2D eigenvalue weighted by atomic mass is 9.94. The Morgan fingerprint density at radius 3 is 2.56 bits per heavy atom. The zero-order valence-electron chi connectivity index (χ0n) is 10.0. The Morgan fingerprint density at radius 1 is 1.50 bits per heavy atom. The Labute approximate surface area is 105 Å². The molecule has 0 aliphatic carbocycles. The normalized spacial score (nSPS) is 15.2. The van der Waals surface area contributed by atoms with Gasteiger partial charge < -0.3 is 14.9 Å². The number of hydrogen-bond acceptors (Lipinski definition) is 4. The average Bonchev–Trinajstić information content (AvgIpc) is 2.37. The summed E-state index contributed by atoms with van der Waals surface area (Å²) in [6.45, 7) is 1.79. The summed E-state index contributed by atoms with van der Waals surface area (Å²) in [5.41, 5.74) is -2.27. The van der Waals surface area contributed by atoms with Crippen LogP contribution in [-0.4, -0.2) is 27.9 Å². The first kappa shape index (κ1) is 14.0. The predicted octanol–water partition coefficient (Wildman–Crippen LogP) is 1.57. The summed E-state index contributed by atoms with van der Waals surface area (Å²) < 4.78 is 5.22. The lowest BCUT2D eigenvalue weighted by Crippen LogP contribution is -2.53.